The van der Waals surface area contributed by atoms with Gasteiger partial charge in [0.05, 0.1) is 0 Å². The second-order valence-electron chi connectivity index (χ2n) is 21.9. The molecule has 1 rings (SSSR count). The Balaban J connectivity index is -0.0000000928. The Morgan fingerprint density at radius 2 is 0.836 bits per heavy atom. The summed E-state index contributed by atoms with van der Waals surface area (Å²) in [5.41, 5.74) is 2.32. The van der Waals surface area contributed by atoms with E-state index in [0.717, 1.165) is 57.9 Å². The Morgan fingerprint density at radius 1 is 0.541 bits per heavy atom. The van der Waals surface area contributed by atoms with Crippen molar-refractivity contribution in [3.05, 3.63) is 33.1 Å². The Kier molecular flexibility index (Phi) is 57.0. The van der Waals surface area contributed by atoms with Crippen molar-refractivity contribution in [1.82, 2.24) is 16.0 Å². The topological polar surface area (TPSA) is 100.0 Å². The molecule has 0 aromatic heterocycles. The van der Waals surface area contributed by atoms with Crippen molar-refractivity contribution >= 4 is 55.1 Å². The molecule has 1 saturated heterocycles. The fourth-order valence-corrected chi connectivity index (χ4v) is 30.2. The Hall–Kier alpha value is 1.28. The molecule has 0 aromatic carbocycles. The molecule has 0 saturated carbocycles. The first kappa shape index (κ1) is 79.4. The van der Waals surface area contributed by atoms with Gasteiger partial charge in [-0.15, -0.1) is 0 Å². The van der Waals surface area contributed by atoms with Crippen molar-refractivity contribution in [3.63, 3.8) is 0 Å². The van der Waals surface area contributed by atoms with Crippen LogP contribution in [0.15, 0.2) is 16.8 Å². The predicted molar refractivity (Wildman–Crippen MR) is 297 cm³/mol. The Labute approximate surface area is 414 Å². The molecule has 1 aliphatic rings. The van der Waals surface area contributed by atoms with Crippen LogP contribution in [0, 0.1) is 7.43 Å². The van der Waals surface area contributed by atoms with E-state index in [9.17, 15) is 0 Å². The van der Waals surface area contributed by atoms with E-state index in [-0.39, 0.29) is 41.0 Å². The third kappa shape index (κ3) is 92.4. The second kappa shape index (κ2) is 43.8. The first-order valence-electron chi connectivity index (χ1n) is 23.2. The van der Waals surface area contributed by atoms with E-state index in [0.29, 0.717) is 12.1 Å². The minimum absolute atomic E-state index is 0. The number of hydrogen-bond donors (Lipinski definition) is 3. The molecule has 0 aliphatic carbocycles. The van der Waals surface area contributed by atoms with Crippen LogP contribution in [0.1, 0.15) is 100 Å². The third-order valence-corrected chi connectivity index (χ3v) is 22.8. The molecule has 1 heterocycles. The molecule has 376 valence electrons. The van der Waals surface area contributed by atoms with Gasteiger partial charge in [-0.1, -0.05) is 195 Å². The normalized spacial score (nSPS) is 14.3. The summed E-state index contributed by atoms with van der Waals surface area (Å²) in [5.74, 6) is 0. The molecule has 1 fully saturated rings. The summed E-state index contributed by atoms with van der Waals surface area (Å²) < 4.78 is 19.4. The maximum Gasteiger partial charge on any atom is 2.00 e. The van der Waals surface area contributed by atoms with Crippen molar-refractivity contribution in [2.45, 2.75) is 230 Å². The van der Waals surface area contributed by atoms with Gasteiger partial charge in [0.1, 0.15) is 0 Å². The van der Waals surface area contributed by atoms with Crippen molar-refractivity contribution in [2.24, 2.45) is 4.99 Å². The van der Waals surface area contributed by atoms with E-state index in [4.69, 9.17) is 18.7 Å². The second-order valence-corrected chi connectivity index (χ2v) is 50.6. The molecule has 3 N–H and O–H groups in total. The maximum atomic E-state index is 4.94. The van der Waals surface area contributed by atoms with Gasteiger partial charge in [-0.05, 0) is 91.8 Å². The van der Waals surface area contributed by atoms with Gasteiger partial charge < -0.3 is 42.1 Å². The van der Waals surface area contributed by atoms with Gasteiger partial charge in [0, 0.05) is 49.8 Å². The largest absolute Gasteiger partial charge is 2.00 e. The first-order chi connectivity index (χ1) is 26.0. The summed E-state index contributed by atoms with van der Waals surface area (Å²) in [6.45, 7) is 65.0. The van der Waals surface area contributed by atoms with Gasteiger partial charge in [-0.3, -0.25) is 4.99 Å². The van der Waals surface area contributed by atoms with Crippen LogP contribution in [0.5, 0.6) is 0 Å². The van der Waals surface area contributed by atoms with Gasteiger partial charge in [-0.2, -0.15) is 0 Å². The summed E-state index contributed by atoms with van der Waals surface area (Å²) in [6, 6.07) is 1.28. The molecule has 0 amide bonds. The molecule has 0 bridgehead atoms. The molecule has 8 nitrogen and oxygen atoms in total. The van der Waals surface area contributed by atoms with Gasteiger partial charge in [0.15, 0.2) is 0 Å². The van der Waals surface area contributed by atoms with Crippen molar-refractivity contribution in [2.75, 3.05) is 39.4 Å². The molecular formula is C45H113Co2N7OSi6. The average Bonchev–Trinajstić information content (AvgIpc) is 3.57. The van der Waals surface area contributed by atoms with Crippen LogP contribution in [-0.2, 0) is 38.3 Å². The van der Waals surface area contributed by atoms with Crippen LogP contribution in [0.3, 0.4) is 0 Å². The zero-order chi connectivity index (χ0) is 46.9. The van der Waals surface area contributed by atoms with E-state index in [1.165, 1.54) is 37.8 Å². The van der Waals surface area contributed by atoms with Gasteiger partial charge >= 0.3 is 33.6 Å². The van der Waals surface area contributed by atoms with Crippen LogP contribution >= 0.6 is 0 Å². The number of ether oxygens (including phenoxy) is 1. The third-order valence-electron chi connectivity index (χ3n) is 6.70. The number of aliphatic imine (C=N–C) groups is 1. The molecule has 0 aromatic rings. The molecule has 2 atom stereocenters. The van der Waals surface area contributed by atoms with Crippen molar-refractivity contribution in [1.29, 1.82) is 0 Å². The molecule has 16 heteroatoms. The monoisotopic (exact) mass is 1050 g/mol. The van der Waals surface area contributed by atoms with Crippen LogP contribution in [0.25, 0.3) is 13.9 Å². The van der Waals surface area contributed by atoms with E-state index in [1.54, 1.807) is 0 Å². The molecular weight excluding hydrogens is 941 g/mol. The van der Waals surface area contributed by atoms with Gasteiger partial charge in [0.25, 0.3) is 0 Å². The standard InChI is InChI=1S/C11H26N2.C11H22N2.3C6H18NSi2.C4H8O.CH3.2Co/c2*1-5-7-12-10(3)9-11(4)13-8-6-2;3*1-8(2,3)7-9(4,5)6;1-2-4-5-3-1;;;/h10-13H,5-9H2,1-4H3;9,12H,5-8H2,1-4H3;3*1-6H3;1-4H2;1H3;;/q;;3*-1;;-1;2*+2/b;10-9-,13-11?;;;;;;;. The summed E-state index contributed by atoms with van der Waals surface area (Å²) >= 11 is 0. The smallest absolute Gasteiger partial charge is 0.668 e. The molecule has 2 unspecified atom stereocenters. The molecule has 2 radical (unpaired) electrons. The maximum absolute atomic E-state index is 4.94. The average molecular weight is 1050 g/mol. The number of nitrogens with one attached hydrogen (secondary N) is 3. The van der Waals surface area contributed by atoms with Crippen LogP contribution < -0.4 is 16.0 Å². The van der Waals surface area contributed by atoms with E-state index < -0.39 is 49.4 Å². The summed E-state index contributed by atoms with van der Waals surface area (Å²) in [4.78, 5) is 4.39. The minimum atomic E-state index is -1.11. The Bertz CT molecular complexity index is 868. The SMILES string of the molecule is C1CCOC1.CCCN=C(C)/C=C(/C)NCCC.CCCNC(C)CC(C)NCCC.C[Si](C)(C)[N-][Si](C)(C)C.C[Si](C)(C)[N-][Si](C)(C)C.C[Si](C)(C)[N-][Si](C)(C)C.[CH3-].[Co+2].[Co+2]. The number of hydrogen-bond acceptors (Lipinski definition) is 5. The fourth-order valence-electron chi connectivity index (χ4n) is 6.03. The van der Waals surface area contributed by atoms with E-state index >= 15 is 0 Å². The van der Waals surface area contributed by atoms with Crippen molar-refractivity contribution < 1.29 is 38.3 Å². The minimum Gasteiger partial charge on any atom is -0.668 e. The van der Waals surface area contributed by atoms with Gasteiger partial charge in [0.2, 0.25) is 0 Å². The fraction of sp³-hybridized carbons (Fsp3) is 0.911. The summed E-state index contributed by atoms with van der Waals surface area (Å²) in [7, 11) is -6.64. The number of allylic oxidation sites excluding steroid dienone is 2. The van der Waals surface area contributed by atoms with Crippen molar-refractivity contribution in [3.8, 4) is 0 Å². The van der Waals surface area contributed by atoms with E-state index in [1.807, 2.05) is 6.92 Å². The van der Waals surface area contributed by atoms with E-state index in [2.05, 4.69) is 193 Å². The quantitative estimate of drug-likeness (QED) is 0.0642. The predicted octanol–water partition coefficient (Wildman–Crippen LogP) is 15.2. The Morgan fingerprint density at radius 3 is 1.03 bits per heavy atom. The molecule has 1 aliphatic heterocycles. The number of nitrogens with zero attached hydrogens (tertiary/aromatic N) is 4. The van der Waals surface area contributed by atoms with Crippen LogP contribution in [-0.4, -0.2) is 107 Å². The number of rotatable bonds is 20. The van der Waals surface area contributed by atoms with Crippen LogP contribution in [0.4, 0.5) is 0 Å². The summed E-state index contributed by atoms with van der Waals surface area (Å²) in [5, 5.41) is 10.3. The molecule has 0 spiro atoms. The first-order valence-corrected chi connectivity index (χ1v) is 43.9. The van der Waals surface area contributed by atoms with Crippen LogP contribution in [0.2, 0.25) is 118 Å². The summed E-state index contributed by atoms with van der Waals surface area (Å²) in [6.07, 6.45) is 10.6. The molecule has 61 heavy (non-hydrogen) atoms. The zero-order valence-corrected chi connectivity index (χ0v) is 54.4. The van der Waals surface area contributed by atoms with Gasteiger partial charge in [-0.25, -0.2) is 0 Å². The zero-order valence-electron chi connectivity index (χ0n) is 46.3.